The molecule has 17 heavy (non-hydrogen) atoms. The van der Waals surface area contributed by atoms with E-state index in [1.54, 1.807) is 0 Å². The molecule has 0 N–H and O–H groups in total. The van der Waals surface area contributed by atoms with Crippen molar-refractivity contribution in [2.24, 2.45) is 11.8 Å². The van der Waals surface area contributed by atoms with Crippen LogP contribution in [-0.2, 0) is 0 Å². The lowest BCUT2D eigenvalue weighted by Gasteiger charge is -2.26. The number of hydrogen-bond acceptors (Lipinski definition) is 2. The summed E-state index contributed by atoms with van der Waals surface area (Å²) in [6.07, 6.45) is 2.41. The van der Waals surface area contributed by atoms with E-state index in [1.165, 1.54) is 26.1 Å². The molecule has 0 aromatic rings. The van der Waals surface area contributed by atoms with Crippen LogP contribution in [0.2, 0.25) is 0 Å². The van der Waals surface area contributed by atoms with Gasteiger partial charge in [-0.2, -0.15) is 0 Å². The predicted molar refractivity (Wildman–Crippen MR) is 79.0 cm³/mol. The molecule has 0 aliphatic carbocycles. The summed E-state index contributed by atoms with van der Waals surface area (Å²) in [7, 11) is 4.29. The van der Waals surface area contributed by atoms with Crippen LogP contribution >= 0.6 is 11.6 Å². The molecule has 0 radical (unpaired) electrons. The largest absolute Gasteiger partial charge is 0.308 e. The van der Waals surface area contributed by atoms with Crippen LogP contribution in [0.4, 0.5) is 0 Å². The van der Waals surface area contributed by atoms with Gasteiger partial charge in [-0.05, 0) is 45.3 Å². The molecule has 2 nitrogen and oxygen atoms in total. The van der Waals surface area contributed by atoms with Gasteiger partial charge in [0.25, 0.3) is 0 Å². The fraction of sp³-hybridized carbons (Fsp3) is 1.00. The van der Waals surface area contributed by atoms with Crippen LogP contribution in [0, 0.1) is 11.8 Å². The normalized spacial score (nSPS) is 13.9. The van der Waals surface area contributed by atoms with Crippen molar-refractivity contribution in [2.75, 3.05) is 46.2 Å². The first-order chi connectivity index (χ1) is 7.95. The van der Waals surface area contributed by atoms with Gasteiger partial charge in [0.05, 0.1) is 0 Å². The summed E-state index contributed by atoms with van der Waals surface area (Å²) in [6, 6.07) is 0. The fourth-order valence-corrected chi connectivity index (χ4v) is 2.26. The van der Waals surface area contributed by atoms with Gasteiger partial charge in [-0.15, -0.1) is 11.6 Å². The molecular formula is C14H31ClN2. The van der Waals surface area contributed by atoms with E-state index < -0.39 is 0 Å². The Morgan fingerprint density at radius 1 is 0.941 bits per heavy atom. The van der Waals surface area contributed by atoms with Crippen molar-refractivity contribution in [1.29, 1.82) is 0 Å². The Labute approximate surface area is 113 Å². The molecule has 0 saturated heterocycles. The Morgan fingerprint density at radius 3 is 2.06 bits per heavy atom. The van der Waals surface area contributed by atoms with Crippen LogP contribution in [0.15, 0.2) is 0 Å². The maximum Gasteiger partial charge on any atom is 0.0225 e. The number of likely N-dealkylation sites (N-methyl/N-ethyl adjacent to an activating group) is 1. The SMILES string of the molecule is CC(C)CN(CCC(C)CCCl)CCN(C)C. The van der Waals surface area contributed by atoms with Crippen LogP contribution in [-0.4, -0.2) is 56.0 Å². The van der Waals surface area contributed by atoms with Crippen molar-refractivity contribution in [3.8, 4) is 0 Å². The highest BCUT2D eigenvalue weighted by Gasteiger charge is 2.10. The number of halogens is 1. The van der Waals surface area contributed by atoms with Crippen molar-refractivity contribution in [2.45, 2.75) is 33.6 Å². The zero-order chi connectivity index (χ0) is 13.3. The topological polar surface area (TPSA) is 6.48 Å². The zero-order valence-corrected chi connectivity index (χ0v) is 13.1. The molecule has 0 saturated carbocycles. The summed E-state index contributed by atoms with van der Waals surface area (Å²) in [4.78, 5) is 4.85. The Kier molecular flexibility index (Phi) is 10.3. The lowest BCUT2D eigenvalue weighted by Crippen LogP contribution is -2.35. The van der Waals surface area contributed by atoms with Crippen LogP contribution in [0.1, 0.15) is 33.6 Å². The van der Waals surface area contributed by atoms with Gasteiger partial charge in [0.1, 0.15) is 0 Å². The van der Waals surface area contributed by atoms with Crippen LogP contribution in [0.25, 0.3) is 0 Å². The molecule has 0 heterocycles. The number of rotatable bonds is 10. The summed E-state index contributed by atoms with van der Waals surface area (Å²) in [5.41, 5.74) is 0. The molecule has 0 rings (SSSR count). The molecule has 0 fully saturated rings. The molecule has 0 aliphatic heterocycles. The molecule has 0 bridgehead atoms. The molecule has 0 aromatic heterocycles. The van der Waals surface area contributed by atoms with Crippen LogP contribution in [0.5, 0.6) is 0 Å². The first kappa shape index (κ1) is 17.2. The van der Waals surface area contributed by atoms with Gasteiger partial charge in [-0.25, -0.2) is 0 Å². The summed E-state index contributed by atoms with van der Waals surface area (Å²) >= 11 is 5.78. The second kappa shape index (κ2) is 10.2. The molecule has 1 atom stereocenters. The molecule has 0 aliphatic rings. The van der Waals surface area contributed by atoms with Gasteiger partial charge < -0.3 is 9.80 Å². The molecular weight excluding hydrogens is 232 g/mol. The maximum absolute atomic E-state index is 5.78. The summed E-state index contributed by atoms with van der Waals surface area (Å²) in [5.74, 6) is 2.30. The van der Waals surface area contributed by atoms with Crippen molar-refractivity contribution in [3.05, 3.63) is 0 Å². The Bertz CT molecular complexity index is 172. The summed E-state index contributed by atoms with van der Waals surface area (Å²) in [6.45, 7) is 11.7. The highest BCUT2D eigenvalue weighted by Crippen LogP contribution is 2.10. The standard InChI is InChI=1S/C14H31ClN2/c1-13(2)12-17(11-10-16(4)5)9-7-14(3)6-8-15/h13-14H,6-12H2,1-5H3. The van der Waals surface area contributed by atoms with Crippen molar-refractivity contribution < 1.29 is 0 Å². The van der Waals surface area contributed by atoms with Gasteiger partial charge in [0.15, 0.2) is 0 Å². The highest BCUT2D eigenvalue weighted by molar-refractivity contribution is 6.17. The number of hydrogen-bond donors (Lipinski definition) is 0. The minimum absolute atomic E-state index is 0.750. The van der Waals surface area contributed by atoms with Crippen molar-refractivity contribution >= 4 is 11.6 Å². The quantitative estimate of drug-likeness (QED) is 0.558. The second-order valence-electron chi connectivity index (χ2n) is 5.87. The third kappa shape index (κ3) is 11.1. The number of alkyl halides is 1. The lowest BCUT2D eigenvalue weighted by atomic mass is 10.0. The molecule has 0 spiro atoms. The number of nitrogens with zero attached hydrogens (tertiary/aromatic N) is 2. The van der Waals surface area contributed by atoms with Gasteiger partial charge in [-0.3, -0.25) is 0 Å². The van der Waals surface area contributed by atoms with Gasteiger partial charge in [0, 0.05) is 25.5 Å². The predicted octanol–water partition coefficient (Wildman–Crippen LogP) is 3.16. The second-order valence-corrected chi connectivity index (χ2v) is 6.25. The van der Waals surface area contributed by atoms with E-state index in [4.69, 9.17) is 11.6 Å². The Hall–Kier alpha value is 0.210. The highest BCUT2D eigenvalue weighted by atomic mass is 35.5. The van der Waals surface area contributed by atoms with E-state index in [2.05, 4.69) is 44.7 Å². The Morgan fingerprint density at radius 2 is 1.59 bits per heavy atom. The third-order valence-electron chi connectivity index (χ3n) is 3.03. The van der Waals surface area contributed by atoms with E-state index in [1.807, 2.05) is 0 Å². The molecule has 3 heteroatoms. The van der Waals surface area contributed by atoms with E-state index in [0.29, 0.717) is 0 Å². The average molecular weight is 263 g/mol. The minimum atomic E-state index is 0.750. The van der Waals surface area contributed by atoms with E-state index in [0.717, 1.165) is 30.7 Å². The van der Waals surface area contributed by atoms with E-state index in [9.17, 15) is 0 Å². The van der Waals surface area contributed by atoms with Crippen molar-refractivity contribution in [1.82, 2.24) is 9.80 Å². The first-order valence-corrected chi connectivity index (χ1v) is 7.42. The fourth-order valence-electron chi connectivity index (χ4n) is 1.89. The molecule has 0 aromatic carbocycles. The lowest BCUT2D eigenvalue weighted by molar-refractivity contribution is 0.206. The van der Waals surface area contributed by atoms with Crippen LogP contribution < -0.4 is 0 Å². The van der Waals surface area contributed by atoms with Crippen molar-refractivity contribution in [3.63, 3.8) is 0 Å². The first-order valence-electron chi connectivity index (χ1n) is 6.88. The van der Waals surface area contributed by atoms with Gasteiger partial charge in [-0.1, -0.05) is 20.8 Å². The molecule has 0 amide bonds. The molecule has 1 unspecified atom stereocenters. The van der Waals surface area contributed by atoms with E-state index in [-0.39, 0.29) is 0 Å². The summed E-state index contributed by atoms with van der Waals surface area (Å²) < 4.78 is 0. The third-order valence-corrected chi connectivity index (χ3v) is 3.25. The Balaban J connectivity index is 3.91. The van der Waals surface area contributed by atoms with E-state index >= 15 is 0 Å². The molecule has 104 valence electrons. The summed E-state index contributed by atoms with van der Waals surface area (Å²) in [5, 5.41) is 0. The maximum atomic E-state index is 5.78. The van der Waals surface area contributed by atoms with Gasteiger partial charge >= 0.3 is 0 Å². The average Bonchev–Trinajstić information content (AvgIpc) is 2.21. The zero-order valence-electron chi connectivity index (χ0n) is 12.4. The smallest absolute Gasteiger partial charge is 0.0225 e. The van der Waals surface area contributed by atoms with Gasteiger partial charge in [0.2, 0.25) is 0 Å². The van der Waals surface area contributed by atoms with Crippen LogP contribution in [0.3, 0.4) is 0 Å². The minimum Gasteiger partial charge on any atom is -0.308 e. The monoisotopic (exact) mass is 262 g/mol.